The smallest absolute Gasteiger partial charge is 0.341 e. The Morgan fingerprint density at radius 2 is 1.30 bits per heavy atom. The van der Waals surface area contributed by atoms with Gasteiger partial charge in [0.2, 0.25) is 12.4 Å². The van der Waals surface area contributed by atoms with Crippen LogP contribution in [0.3, 0.4) is 0 Å². The van der Waals surface area contributed by atoms with E-state index >= 15 is 0 Å². The first kappa shape index (κ1) is 25.6. The molecule has 12 heteroatoms. The van der Waals surface area contributed by atoms with Gasteiger partial charge in [-0.3, -0.25) is 14.4 Å². The van der Waals surface area contributed by atoms with Gasteiger partial charge in [-0.15, -0.1) is 0 Å². The van der Waals surface area contributed by atoms with E-state index in [9.17, 15) is 24.0 Å². The summed E-state index contributed by atoms with van der Waals surface area (Å²) in [7, 11) is 2.24. The molecule has 0 N–H and O–H groups in total. The Kier molecular flexibility index (Phi) is 8.74. The predicted octanol–water partition coefficient (Wildman–Crippen LogP) is 0.545. The van der Waals surface area contributed by atoms with Gasteiger partial charge in [0.1, 0.15) is 11.3 Å². The van der Waals surface area contributed by atoms with Gasteiger partial charge < -0.3 is 33.2 Å². The highest BCUT2D eigenvalue weighted by Crippen LogP contribution is 2.32. The van der Waals surface area contributed by atoms with E-state index in [-0.39, 0.29) is 11.3 Å². The summed E-state index contributed by atoms with van der Waals surface area (Å²) >= 11 is 0. The lowest BCUT2D eigenvalue weighted by atomic mass is 9.97. The minimum Gasteiger partial charge on any atom is -0.467 e. The number of hydrogen-bond acceptors (Lipinski definition) is 12. The molecule has 33 heavy (non-hydrogen) atoms. The first-order valence-corrected chi connectivity index (χ1v) is 9.68. The van der Waals surface area contributed by atoms with Gasteiger partial charge in [0, 0.05) is 20.8 Å². The lowest BCUT2D eigenvalue weighted by Crippen LogP contribution is -2.64. The standard InChI is InChI=1S/C21H24O12/c1-10(22)29-15-16(30-11(2)23)18(31-12(3)24)21(33-17(15)20(26)28-5)32-14-9-7-6-8-13(14)19(25)27-4/h6-9,15-18,21H,1-5H3/t15-,16-,17+,18+,21+/m1/s1. The molecule has 1 heterocycles. The van der Waals surface area contributed by atoms with E-state index in [1.165, 1.54) is 19.2 Å². The number of carbonyl (C=O) groups excluding carboxylic acids is 5. The molecule has 0 radical (unpaired) electrons. The highest BCUT2D eigenvalue weighted by atomic mass is 16.7. The molecular weight excluding hydrogens is 444 g/mol. The highest BCUT2D eigenvalue weighted by molar-refractivity contribution is 5.92. The molecule has 0 amide bonds. The molecule has 1 saturated heterocycles. The van der Waals surface area contributed by atoms with Crippen molar-refractivity contribution >= 4 is 29.8 Å². The van der Waals surface area contributed by atoms with Gasteiger partial charge in [0.15, 0.2) is 18.3 Å². The van der Waals surface area contributed by atoms with E-state index in [1.54, 1.807) is 12.1 Å². The second-order valence-corrected chi connectivity index (χ2v) is 6.78. The largest absolute Gasteiger partial charge is 0.467 e. The third-order valence-corrected chi connectivity index (χ3v) is 4.37. The Morgan fingerprint density at radius 1 is 0.758 bits per heavy atom. The van der Waals surface area contributed by atoms with Crippen molar-refractivity contribution in [2.75, 3.05) is 14.2 Å². The summed E-state index contributed by atoms with van der Waals surface area (Å²) in [4.78, 5) is 59.8. The molecule has 5 atom stereocenters. The summed E-state index contributed by atoms with van der Waals surface area (Å²) in [6.45, 7) is 3.22. The molecule has 180 valence electrons. The summed E-state index contributed by atoms with van der Waals surface area (Å²) in [5.74, 6) is -4.21. The summed E-state index contributed by atoms with van der Waals surface area (Å²) in [6, 6.07) is 5.93. The van der Waals surface area contributed by atoms with Crippen molar-refractivity contribution in [2.45, 2.75) is 51.5 Å². The number of carbonyl (C=O) groups is 5. The third-order valence-electron chi connectivity index (χ3n) is 4.37. The van der Waals surface area contributed by atoms with Crippen LogP contribution in [0.4, 0.5) is 0 Å². The SMILES string of the molecule is COC(=O)c1ccccc1O[C@H]1O[C@H](C(=O)OC)[C@H](OC(C)=O)[C@@H](OC(C)=O)[C@@H]1OC(C)=O. The van der Waals surface area contributed by atoms with Crippen LogP contribution in [-0.2, 0) is 47.6 Å². The molecule has 0 aliphatic carbocycles. The van der Waals surface area contributed by atoms with E-state index < -0.39 is 60.6 Å². The van der Waals surface area contributed by atoms with Crippen LogP contribution >= 0.6 is 0 Å². The van der Waals surface area contributed by atoms with E-state index in [1.807, 2.05) is 0 Å². The minimum atomic E-state index is -1.62. The van der Waals surface area contributed by atoms with Gasteiger partial charge >= 0.3 is 29.8 Å². The average Bonchev–Trinajstić information content (AvgIpc) is 2.75. The maximum atomic E-state index is 12.4. The Balaban J connectivity index is 2.56. The Hall–Kier alpha value is -3.67. The molecule has 1 aliphatic heterocycles. The van der Waals surface area contributed by atoms with E-state index in [2.05, 4.69) is 0 Å². The quantitative estimate of drug-likeness (QED) is 0.406. The van der Waals surface area contributed by atoms with Gasteiger partial charge in [0.05, 0.1) is 14.2 Å². The van der Waals surface area contributed by atoms with E-state index in [4.69, 9.17) is 33.2 Å². The third kappa shape index (κ3) is 6.42. The molecular formula is C21H24O12. The molecule has 2 rings (SSSR count). The van der Waals surface area contributed by atoms with Crippen LogP contribution in [0, 0.1) is 0 Å². The number of hydrogen-bond donors (Lipinski definition) is 0. The fourth-order valence-electron chi connectivity index (χ4n) is 3.15. The fourth-order valence-corrected chi connectivity index (χ4v) is 3.15. The number of esters is 5. The zero-order valence-electron chi connectivity index (χ0n) is 18.6. The molecule has 0 spiro atoms. The number of ether oxygens (including phenoxy) is 7. The van der Waals surface area contributed by atoms with Gasteiger partial charge in [-0.2, -0.15) is 0 Å². The molecule has 0 bridgehead atoms. The van der Waals surface area contributed by atoms with Crippen LogP contribution in [-0.4, -0.2) is 74.8 Å². The van der Waals surface area contributed by atoms with Crippen molar-refractivity contribution in [1.82, 2.24) is 0 Å². The summed E-state index contributed by atoms with van der Waals surface area (Å²) in [5, 5.41) is 0. The maximum Gasteiger partial charge on any atom is 0.341 e. The molecule has 1 aromatic rings. The first-order chi connectivity index (χ1) is 15.6. The summed E-state index contributed by atoms with van der Waals surface area (Å²) < 4.78 is 36.6. The second-order valence-electron chi connectivity index (χ2n) is 6.78. The molecule has 0 unspecified atom stereocenters. The predicted molar refractivity (Wildman–Crippen MR) is 106 cm³/mol. The zero-order valence-corrected chi connectivity index (χ0v) is 18.6. The number of para-hydroxylation sites is 1. The number of methoxy groups -OCH3 is 2. The first-order valence-electron chi connectivity index (χ1n) is 9.68. The van der Waals surface area contributed by atoms with Gasteiger partial charge in [0.25, 0.3) is 0 Å². The zero-order chi connectivity index (χ0) is 24.7. The Morgan fingerprint density at radius 3 is 1.85 bits per heavy atom. The average molecular weight is 468 g/mol. The van der Waals surface area contributed by atoms with Crippen LogP contribution in [0.2, 0.25) is 0 Å². The lowest BCUT2D eigenvalue weighted by molar-refractivity contribution is -0.282. The van der Waals surface area contributed by atoms with E-state index in [0.717, 1.165) is 27.9 Å². The van der Waals surface area contributed by atoms with Crippen LogP contribution in [0.25, 0.3) is 0 Å². The molecule has 12 nitrogen and oxygen atoms in total. The number of benzene rings is 1. The van der Waals surface area contributed by atoms with Gasteiger partial charge in [-0.25, -0.2) is 9.59 Å². The van der Waals surface area contributed by atoms with Crippen LogP contribution in [0.15, 0.2) is 24.3 Å². The molecule has 0 saturated carbocycles. The molecule has 0 aromatic heterocycles. The van der Waals surface area contributed by atoms with Crippen molar-refractivity contribution in [2.24, 2.45) is 0 Å². The second kappa shape index (κ2) is 11.3. The van der Waals surface area contributed by atoms with Crippen LogP contribution in [0.1, 0.15) is 31.1 Å². The normalized spacial score (nSPS) is 24.1. The molecule has 1 aliphatic rings. The molecule has 1 fully saturated rings. The van der Waals surface area contributed by atoms with Crippen molar-refractivity contribution in [3.63, 3.8) is 0 Å². The van der Waals surface area contributed by atoms with E-state index in [0.29, 0.717) is 0 Å². The summed E-state index contributed by atoms with van der Waals surface area (Å²) in [5.41, 5.74) is 0.00550. The Bertz CT molecular complexity index is 910. The maximum absolute atomic E-state index is 12.4. The molecule has 1 aromatic carbocycles. The van der Waals surface area contributed by atoms with Crippen molar-refractivity contribution < 1.29 is 57.1 Å². The van der Waals surface area contributed by atoms with Gasteiger partial charge in [-0.1, -0.05) is 12.1 Å². The minimum absolute atomic E-state index is 0.00550. The highest BCUT2D eigenvalue weighted by Gasteiger charge is 2.56. The van der Waals surface area contributed by atoms with Crippen molar-refractivity contribution in [3.05, 3.63) is 29.8 Å². The summed E-state index contributed by atoms with van der Waals surface area (Å²) in [6.07, 6.45) is -7.74. The van der Waals surface area contributed by atoms with Crippen LogP contribution < -0.4 is 4.74 Å². The number of rotatable bonds is 7. The monoisotopic (exact) mass is 468 g/mol. The van der Waals surface area contributed by atoms with Gasteiger partial charge in [-0.05, 0) is 12.1 Å². The van der Waals surface area contributed by atoms with Crippen molar-refractivity contribution in [1.29, 1.82) is 0 Å². The van der Waals surface area contributed by atoms with Crippen molar-refractivity contribution in [3.8, 4) is 5.75 Å². The fraction of sp³-hybridized carbons (Fsp3) is 0.476. The van der Waals surface area contributed by atoms with Crippen LogP contribution in [0.5, 0.6) is 5.75 Å². The lowest BCUT2D eigenvalue weighted by Gasteiger charge is -2.43. The Labute approximate surface area is 189 Å². The topological polar surface area (TPSA) is 150 Å².